The molecule has 0 aliphatic carbocycles. The Kier molecular flexibility index (Phi) is 6.66. The topological polar surface area (TPSA) is 32.3 Å². The predicted molar refractivity (Wildman–Crippen MR) is 87.6 cm³/mol. The smallest absolute Gasteiger partial charge is 0.356 e. The molecular weight excluding hydrogens is 317 g/mol. The van der Waals surface area contributed by atoms with Crippen LogP contribution >= 0.6 is 0 Å². The average Bonchev–Trinajstić information content (AvgIpc) is 2.52. The number of amides is 1. The van der Waals surface area contributed by atoms with Crippen molar-refractivity contribution in [2.45, 2.75) is 38.3 Å². The molecule has 0 radical (unpaired) electrons. The first-order chi connectivity index (χ1) is 11.4. The molecule has 1 heterocycles. The zero-order valence-electron chi connectivity index (χ0n) is 14.0. The molecule has 1 amide bonds. The monoisotopic (exact) mass is 342 g/mol. The lowest BCUT2D eigenvalue weighted by molar-refractivity contribution is -0.138. The summed E-state index contributed by atoms with van der Waals surface area (Å²) in [4.78, 5) is 14.2. The van der Waals surface area contributed by atoms with Crippen LogP contribution in [0.2, 0.25) is 0 Å². The number of alkyl halides is 3. The van der Waals surface area contributed by atoms with Gasteiger partial charge in [0, 0.05) is 19.5 Å². The lowest BCUT2D eigenvalue weighted by Crippen LogP contribution is -2.33. The highest BCUT2D eigenvalue weighted by Crippen LogP contribution is 2.31. The summed E-state index contributed by atoms with van der Waals surface area (Å²) >= 11 is 0. The van der Waals surface area contributed by atoms with Crippen molar-refractivity contribution in [3.05, 3.63) is 35.4 Å². The third-order valence-electron chi connectivity index (χ3n) is 4.54. The Labute approximate surface area is 141 Å². The maximum Gasteiger partial charge on any atom is 0.416 e. The molecule has 0 saturated carbocycles. The van der Waals surface area contributed by atoms with Crippen LogP contribution < -0.4 is 5.32 Å². The minimum atomic E-state index is -4.35. The number of nitrogens with zero attached hydrogens (tertiary/aromatic N) is 1. The maximum atomic E-state index is 12.9. The molecule has 1 fully saturated rings. The molecule has 1 aliphatic rings. The highest BCUT2D eigenvalue weighted by Gasteiger charge is 2.32. The van der Waals surface area contributed by atoms with E-state index < -0.39 is 11.7 Å². The van der Waals surface area contributed by atoms with Crippen LogP contribution in [-0.2, 0) is 17.4 Å². The number of benzene rings is 1. The SMILES string of the molecule is CN1CCCC(CCC(=O)NCCc2ccccc2C(F)(F)F)C1. The van der Waals surface area contributed by atoms with Crippen molar-refractivity contribution in [3.8, 4) is 0 Å². The Hall–Kier alpha value is -1.56. The Morgan fingerprint density at radius 1 is 1.33 bits per heavy atom. The van der Waals surface area contributed by atoms with Crippen LogP contribution in [0.15, 0.2) is 24.3 Å². The van der Waals surface area contributed by atoms with Crippen LogP contribution in [0, 0.1) is 5.92 Å². The third kappa shape index (κ3) is 5.82. The van der Waals surface area contributed by atoms with Gasteiger partial charge in [-0.2, -0.15) is 13.2 Å². The zero-order valence-corrected chi connectivity index (χ0v) is 14.0. The quantitative estimate of drug-likeness (QED) is 0.858. The van der Waals surface area contributed by atoms with Crippen LogP contribution in [0.3, 0.4) is 0 Å². The molecule has 1 N–H and O–H groups in total. The van der Waals surface area contributed by atoms with E-state index in [-0.39, 0.29) is 24.4 Å². The fourth-order valence-electron chi connectivity index (χ4n) is 3.28. The number of rotatable bonds is 6. The van der Waals surface area contributed by atoms with Crippen molar-refractivity contribution < 1.29 is 18.0 Å². The molecule has 6 heteroatoms. The summed E-state index contributed by atoms with van der Waals surface area (Å²) in [6.45, 7) is 2.37. The first-order valence-corrected chi connectivity index (χ1v) is 8.46. The first-order valence-electron chi connectivity index (χ1n) is 8.46. The van der Waals surface area contributed by atoms with E-state index in [1.165, 1.54) is 12.1 Å². The van der Waals surface area contributed by atoms with Gasteiger partial charge < -0.3 is 10.2 Å². The van der Waals surface area contributed by atoms with Gasteiger partial charge in [-0.25, -0.2) is 0 Å². The van der Waals surface area contributed by atoms with Gasteiger partial charge in [0.25, 0.3) is 0 Å². The summed E-state index contributed by atoms with van der Waals surface area (Å²) in [6, 6.07) is 5.52. The van der Waals surface area contributed by atoms with Crippen molar-refractivity contribution in [3.63, 3.8) is 0 Å². The van der Waals surface area contributed by atoms with Crippen molar-refractivity contribution in [1.29, 1.82) is 0 Å². The highest BCUT2D eigenvalue weighted by molar-refractivity contribution is 5.75. The molecule has 1 saturated heterocycles. The Morgan fingerprint density at radius 3 is 2.79 bits per heavy atom. The van der Waals surface area contributed by atoms with E-state index in [2.05, 4.69) is 17.3 Å². The van der Waals surface area contributed by atoms with Gasteiger partial charge in [0.05, 0.1) is 5.56 Å². The van der Waals surface area contributed by atoms with Crippen LogP contribution in [0.1, 0.15) is 36.8 Å². The Morgan fingerprint density at radius 2 is 2.08 bits per heavy atom. The normalized spacial score (nSPS) is 19.2. The van der Waals surface area contributed by atoms with E-state index in [9.17, 15) is 18.0 Å². The van der Waals surface area contributed by atoms with Gasteiger partial charge in [-0.1, -0.05) is 18.2 Å². The van der Waals surface area contributed by atoms with E-state index >= 15 is 0 Å². The highest BCUT2D eigenvalue weighted by atomic mass is 19.4. The summed E-state index contributed by atoms with van der Waals surface area (Å²) in [5.41, 5.74) is -0.399. The van der Waals surface area contributed by atoms with Gasteiger partial charge in [-0.3, -0.25) is 4.79 Å². The lowest BCUT2D eigenvalue weighted by Gasteiger charge is -2.29. The summed E-state index contributed by atoms with van der Waals surface area (Å²) in [6.07, 6.45) is -0.566. The molecule has 0 aromatic heterocycles. The minimum absolute atomic E-state index is 0.0762. The predicted octanol–water partition coefficient (Wildman–Crippen LogP) is 3.49. The van der Waals surface area contributed by atoms with Gasteiger partial charge in [0.1, 0.15) is 0 Å². The lowest BCUT2D eigenvalue weighted by atomic mass is 9.93. The first kappa shape index (κ1) is 18.8. The van der Waals surface area contributed by atoms with Gasteiger partial charge in [0.2, 0.25) is 5.91 Å². The summed E-state index contributed by atoms with van der Waals surface area (Å²) < 4.78 is 38.7. The standard InChI is InChI=1S/C18H25F3N2O/c1-23-12-4-5-14(13-23)8-9-17(24)22-11-10-15-6-2-3-7-16(15)18(19,20)21/h2-3,6-7,14H,4-5,8-13H2,1H3,(H,22,24). The Bertz CT molecular complexity index is 545. The number of carbonyl (C=O) groups excluding carboxylic acids is 1. The molecule has 2 rings (SSSR count). The van der Waals surface area contributed by atoms with E-state index in [0.29, 0.717) is 12.3 Å². The number of nitrogens with one attached hydrogen (secondary N) is 1. The summed E-state index contributed by atoms with van der Waals surface area (Å²) in [5, 5.41) is 2.74. The van der Waals surface area contributed by atoms with Crippen LogP contribution in [0.5, 0.6) is 0 Å². The number of carbonyl (C=O) groups is 1. The average molecular weight is 342 g/mol. The molecule has 0 bridgehead atoms. The van der Waals surface area contributed by atoms with Crippen molar-refractivity contribution >= 4 is 5.91 Å². The van der Waals surface area contributed by atoms with E-state index in [4.69, 9.17) is 0 Å². The maximum absolute atomic E-state index is 12.9. The molecule has 1 aliphatic heterocycles. The van der Waals surface area contributed by atoms with Gasteiger partial charge >= 0.3 is 6.18 Å². The molecule has 1 unspecified atom stereocenters. The molecule has 1 aromatic carbocycles. The number of halogens is 3. The number of piperidine rings is 1. The Balaban J connectivity index is 1.73. The molecule has 1 atom stereocenters. The molecular formula is C18H25F3N2O. The van der Waals surface area contributed by atoms with Gasteiger partial charge in [-0.05, 0) is 56.8 Å². The second-order valence-corrected chi connectivity index (χ2v) is 6.56. The summed E-state index contributed by atoms with van der Waals surface area (Å²) in [7, 11) is 2.09. The van der Waals surface area contributed by atoms with Crippen LogP contribution in [0.4, 0.5) is 13.2 Å². The minimum Gasteiger partial charge on any atom is -0.356 e. The van der Waals surface area contributed by atoms with Crippen LogP contribution in [0.25, 0.3) is 0 Å². The molecule has 1 aromatic rings. The number of hydrogen-bond donors (Lipinski definition) is 1. The fraction of sp³-hybridized carbons (Fsp3) is 0.611. The van der Waals surface area contributed by atoms with Crippen molar-refractivity contribution in [1.82, 2.24) is 10.2 Å². The second-order valence-electron chi connectivity index (χ2n) is 6.56. The third-order valence-corrected chi connectivity index (χ3v) is 4.54. The van der Waals surface area contributed by atoms with Crippen molar-refractivity contribution in [2.75, 3.05) is 26.7 Å². The molecule has 24 heavy (non-hydrogen) atoms. The second kappa shape index (κ2) is 8.51. The number of likely N-dealkylation sites (tertiary alicyclic amines) is 1. The van der Waals surface area contributed by atoms with E-state index in [1.54, 1.807) is 6.07 Å². The van der Waals surface area contributed by atoms with Gasteiger partial charge in [0.15, 0.2) is 0 Å². The van der Waals surface area contributed by atoms with Gasteiger partial charge in [-0.15, -0.1) is 0 Å². The largest absolute Gasteiger partial charge is 0.416 e. The van der Waals surface area contributed by atoms with Crippen molar-refractivity contribution in [2.24, 2.45) is 5.92 Å². The zero-order chi connectivity index (χ0) is 17.6. The fourth-order valence-corrected chi connectivity index (χ4v) is 3.28. The molecule has 3 nitrogen and oxygen atoms in total. The number of hydrogen-bond acceptors (Lipinski definition) is 2. The molecule has 0 spiro atoms. The molecule has 134 valence electrons. The van der Waals surface area contributed by atoms with E-state index in [1.807, 2.05) is 0 Å². The summed E-state index contributed by atoms with van der Waals surface area (Å²) in [5.74, 6) is 0.466. The van der Waals surface area contributed by atoms with E-state index in [0.717, 1.165) is 38.4 Å². The van der Waals surface area contributed by atoms with Crippen LogP contribution in [-0.4, -0.2) is 37.5 Å².